The summed E-state index contributed by atoms with van der Waals surface area (Å²) in [6.07, 6.45) is 2.11. The van der Waals surface area contributed by atoms with Crippen molar-refractivity contribution in [2.45, 2.75) is 31.4 Å². The number of rotatable bonds is 2. The first-order valence-electron chi connectivity index (χ1n) is 5.66. The molecule has 1 aromatic rings. The lowest BCUT2D eigenvalue weighted by Gasteiger charge is -2.16. The monoisotopic (exact) mass is 254 g/mol. The summed E-state index contributed by atoms with van der Waals surface area (Å²) < 4.78 is 0. The van der Waals surface area contributed by atoms with Crippen molar-refractivity contribution in [2.24, 2.45) is 0 Å². The fourth-order valence-corrected chi connectivity index (χ4v) is 2.10. The molecule has 1 fully saturated rings. The van der Waals surface area contributed by atoms with Gasteiger partial charge < -0.3 is 15.7 Å². The van der Waals surface area contributed by atoms with Gasteiger partial charge in [0.05, 0.1) is 12.1 Å². The second kappa shape index (κ2) is 5.38. The van der Waals surface area contributed by atoms with E-state index in [1.165, 1.54) is 0 Å². The average Bonchev–Trinajstić information content (AvgIpc) is 2.68. The first-order valence-corrected chi connectivity index (χ1v) is 6.04. The molecule has 17 heavy (non-hydrogen) atoms. The number of aliphatic hydroxyl groups excluding tert-OH is 1. The Morgan fingerprint density at radius 2 is 2.00 bits per heavy atom. The number of nitrogens with one attached hydrogen (secondary N) is 2. The first-order chi connectivity index (χ1) is 8.15. The Bertz CT molecular complexity index is 394. The molecule has 4 nitrogen and oxygen atoms in total. The molecule has 1 aliphatic carbocycles. The van der Waals surface area contributed by atoms with Crippen molar-refractivity contribution >= 4 is 23.3 Å². The van der Waals surface area contributed by atoms with E-state index in [1.54, 1.807) is 24.3 Å². The number of hydrogen-bond acceptors (Lipinski definition) is 2. The molecule has 1 saturated carbocycles. The molecule has 0 aromatic heterocycles. The van der Waals surface area contributed by atoms with E-state index in [0.717, 1.165) is 19.3 Å². The van der Waals surface area contributed by atoms with Crippen LogP contribution in [-0.4, -0.2) is 23.3 Å². The molecule has 3 N–H and O–H groups in total. The molecule has 0 heterocycles. The lowest BCUT2D eigenvalue weighted by atomic mass is 10.2. The van der Waals surface area contributed by atoms with Crippen molar-refractivity contribution in [3.05, 3.63) is 29.3 Å². The van der Waals surface area contributed by atoms with Crippen LogP contribution in [0.25, 0.3) is 0 Å². The predicted molar refractivity (Wildman–Crippen MR) is 67.3 cm³/mol. The maximum atomic E-state index is 11.6. The van der Waals surface area contributed by atoms with Crippen LogP contribution >= 0.6 is 11.6 Å². The zero-order valence-electron chi connectivity index (χ0n) is 9.32. The normalized spacial score (nSPS) is 23.4. The minimum Gasteiger partial charge on any atom is -0.391 e. The maximum Gasteiger partial charge on any atom is 0.319 e. The summed E-state index contributed by atoms with van der Waals surface area (Å²) >= 11 is 5.74. The number of halogens is 1. The van der Waals surface area contributed by atoms with Gasteiger partial charge in [0.25, 0.3) is 0 Å². The Kier molecular flexibility index (Phi) is 3.86. The zero-order valence-corrected chi connectivity index (χ0v) is 10.1. The van der Waals surface area contributed by atoms with Crippen molar-refractivity contribution in [3.63, 3.8) is 0 Å². The van der Waals surface area contributed by atoms with E-state index in [1.807, 2.05) is 0 Å². The molecular weight excluding hydrogens is 240 g/mol. The van der Waals surface area contributed by atoms with Crippen molar-refractivity contribution < 1.29 is 9.90 Å². The van der Waals surface area contributed by atoms with Gasteiger partial charge in [-0.2, -0.15) is 0 Å². The Morgan fingerprint density at radius 3 is 2.59 bits per heavy atom. The Morgan fingerprint density at radius 1 is 1.29 bits per heavy atom. The van der Waals surface area contributed by atoms with Crippen LogP contribution in [0.4, 0.5) is 10.5 Å². The van der Waals surface area contributed by atoms with E-state index in [-0.39, 0.29) is 12.1 Å². The van der Waals surface area contributed by atoms with Gasteiger partial charge in [-0.3, -0.25) is 0 Å². The average molecular weight is 255 g/mol. The van der Waals surface area contributed by atoms with Crippen molar-refractivity contribution in [1.29, 1.82) is 0 Å². The minimum absolute atomic E-state index is 0.137. The maximum absolute atomic E-state index is 11.6. The fourth-order valence-electron chi connectivity index (χ4n) is 1.98. The number of carbonyl (C=O) groups is 1. The van der Waals surface area contributed by atoms with Crippen LogP contribution in [0.15, 0.2) is 24.3 Å². The van der Waals surface area contributed by atoms with Crippen LogP contribution in [-0.2, 0) is 0 Å². The third-order valence-electron chi connectivity index (χ3n) is 2.90. The Hall–Kier alpha value is -1.26. The lowest BCUT2D eigenvalue weighted by molar-refractivity contribution is 0.151. The van der Waals surface area contributed by atoms with Crippen LogP contribution in [0, 0.1) is 0 Å². The lowest BCUT2D eigenvalue weighted by Crippen LogP contribution is -2.42. The summed E-state index contributed by atoms with van der Waals surface area (Å²) in [5.74, 6) is 0. The van der Waals surface area contributed by atoms with Crippen molar-refractivity contribution in [3.8, 4) is 0 Å². The summed E-state index contributed by atoms with van der Waals surface area (Å²) in [7, 11) is 0. The van der Waals surface area contributed by atoms with Gasteiger partial charge in [-0.05, 0) is 43.5 Å². The summed E-state index contributed by atoms with van der Waals surface area (Å²) in [6.45, 7) is 0. The molecular formula is C12H15ClN2O2. The van der Waals surface area contributed by atoms with E-state index in [4.69, 9.17) is 11.6 Å². The molecule has 0 saturated heterocycles. The Balaban J connectivity index is 1.86. The number of hydrogen-bond donors (Lipinski definition) is 3. The van der Waals surface area contributed by atoms with Gasteiger partial charge in [0.15, 0.2) is 0 Å². The number of benzene rings is 1. The van der Waals surface area contributed by atoms with Gasteiger partial charge in [-0.15, -0.1) is 0 Å². The second-order valence-electron chi connectivity index (χ2n) is 4.21. The molecule has 92 valence electrons. The van der Waals surface area contributed by atoms with E-state index in [9.17, 15) is 9.90 Å². The van der Waals surface area contributed by atoms with E-state index in [0.29, 0.717) is 10.7 Å². The van der Waals surface area contributed by atoms with Gasteiger partial charge in [0, 0.05) is 10.7 Å². The van der Waals surface area contributed by atoms with Crippen molar-refractivity contribution in [1.82, 2.24) is 5.32 Å². The number of amides is 2. The number of carbonyl (C=O) groups excluding carboxylic acids is 1. The van der Waals surface area contributed by atoms with Gasteiger partial charge in [0.2, 0.25) is 0 Å². The Labute approximate surface area is 105 Å². The smallest absolute Gasteiger partial charge is 0.319 e. The third kappa shape index (κ3) is 3.35. The molecule has 0 bridgehead atoms. The predicted octanol–water partition coefficient (Wildman–Crippen LogP) is 2.37. The van der Waals surface area contributed by atoms with Crippen LogP contribution in [0.1, 0.15) is 19.3 Å². The van der Waals surface area contributed by atoms with E-state index < -0.39 is 6.10 Å². The van der Waals surface area contributed by atoms with Crippen LogP contribution in [0.2, 0.25) is 5.02 Å². The van der Waals surface area contributed by atoms with E-state index >= 15 is 0 Å². The van der Waals surface area contributed by atoms with E-state index in [2.05, 4.69) is 10.6 Å². The zero-order chi connectivity index (χ0) is 12.3. The largest absolute Gasteiger partial charge is 0.391 e. The van der Waals surface area contributed by atoms with Crippen molar-refractivity contribution in [2.75, 3.05) is 5.32 Å². The van der Waals surface area contributed by atoms with Gasteiger partial charge in [0.1, 0.15) is 0 Å². The molecule has 1 aromatic carbocycles. The number of urea groups is 1. The highest BCUT2D eigenvalue weighted by Crippen LogP contribution is 2.19. The standard InChI is InChI=1S/C12H15ClN2O2/c13-8-4-6-9(7-5-8)14-12(17)15-10-2-1-3-11(10)16/h4-7,10-11,16H,1-3H2,(H2,14,15,17)/t10-,11+/m0/s1. The van der Waals surface area contributed by atoms with Gasteiger partial charge >= 0.3 is 6.03 Å². The number of aliphatic hydroxyl groups is 1. The molecule has 0 spiro atoms. The summed E-state index contributed by atoms with van der Waals surface area (Å²) in [5.41, 5.74) is 0.680. The highest BCUT2D eigenvalue weighted by atomic mass is 35.5. The SMILES string of the molecule is O=C(Nc1ccc(Cl)cc1)N[C@H]1CCC[C@H]1O. The summed E-state index contributed by atoms with van der Waals surface area (Å²) in [4.78, 5) is 11.6. The first kappa shape index (κ1) is 12.2. The molecule has 5 heteroatoms. The number of anilines is 1. The van der Waals surface area contributed by atoms with Crippen LogP contribution in [0.3, 0.4) is 0 Å². The highest BCUT2D eigenvalue weighted by molar-refractivity contribution is 6.30. The summed E-state index contributed by atoms with van der Waals surface area (Å²) in [5, 5.41) is 15.7. The summed E-state index contributed by atoms with van der Waals surface area (Å²) in [6, 6.07) is 6.45. The second-order valence-corrected chi connectivity index (χ2v) is 4.65. The topological polar surface area (TPSA) is 61.4 Å². The minimum atomic E-state index is -0.425. The molecule has 0 radical (unpaired) electrons. The quantitative estimate of drug-likeness (QED) is 0.759. The molecule has 0 aliphatic heterocycles. The van der Waals surface area contributed by atoms with Gasteiger partial charge in [-0.25, -0.2) is 4.79 Å². The molecule has 2 atom stereocenters. The van der Waals surface area contributed by atoms with Gasteiger partial charge in [-0.1, -0.05) is 11.6 Å². The molecule has 0 unspecified atom stereocenters. The highest BCUT2D eigenvalue weighted by Gasteiger charge is 2.26. The third-order valence-corrected chi connectivity index (χ3v) is 3.15. The molecule has 2 rings (SSSR count). The van der Waals surface area contributed by atoms with Crippen LogP contribution in [0.5, 0.6) is 0 Å². The molecule has 1 aliphatic rings. The van der Waals surface area contributed by atoms with Crippen LogP contribution < -0.4 is 10.6 Å². The fraction of sp³-hybridized carbons (Fsp3) is 0.417. The molecule has 2 amide bonds.